The van der Waals surface area contributed by atoms with Crippen molar-refractivity contribution in [1.29, 1.82) is 0 Å². The van der Waals surface area contributed by atoms with Crippen molar-refractivity contribution in [2.75, 3.05) is 37.6 Å². The summed E-state index contributed by atoms with van der Waals surface area (Å²) >= 11 is 0. The Morgan fingerprint density at radius 2 is 1.68 bits per heavy atom. The zero-order valence-corrected chi connectivity index (χ0v) is 20.7. The van der Waals surface area contributed by atoms with Gasteiger partial charge in [-0.05, 0) is 18.9 Å². The lowest BCUT2D eigenvalue weighted by atomic mass is 10.1. The van der Waals surface area contributed by atoms with Crippen molar-refractivity contribution in [3.05, 3.63) is 59.7 Å². The number of aryl methyl sites for hydroxylation is 1. The monoisotopic (exact) mass is 481 g/mol. The second-order valence-electron chi connectivity index (χ2n) is 8.99. The normalized spacial score (nSPS) is 16.7. The SMILES string of the molecule is Cc1c(CN2CCN(c3nccnc3-c3ccc(CN4CCCC4=O)cc3)CC2)cnn1C.Cl. The number of likely N-dealkylation sites (tertiary alicyclic amines) is 1. The fraction of sp³-hybridized carbons (Fsp3) is 0.440. The molecule has 0 unspecified atom stereocenters. The third kappa shape index (κ3) is 5.08. The van der Waals surface area contributed by atoms with Gasteiger partial charge in [0, 0.05) is 88.5 Å². The van der Waals surface area contributed by atoms with Crippen LogP contribution in [0.1, 0.15) is 29.7 Å². The van der Waals surface area contributed by atoms with Crippen LogP contribution in [0.25, 0.3) is 11.3 Å². The first kappa shape index (κ1) is 24.2. The van der Waals surface area contributed by atoms with Crippen LogP contribution in [-0.2, 0) is 24.9 Å². The Morgan fingerprint density at radius 1 is 0.941 bits per heavy atom. The van der Waals surface area contributed by atoms with Gasteiger partial charge in [0.1, 0.15) is 5.69 Å². The molecule has 0 aliphatic carbocycles. The molecule has 9 heteroatoms. The summed E-state index contributed by atoms with van der Waals surface area (Å²) in [7, 11) is 1.99. The third-order valence-corrected chi connectivity index (χ3v) is 6.85. The summed E-state index contributed by atoms with van der Waals surface area (Å²) in [5, 5.41) is 4.37. The van der Waals surface area contributed by atoms with Crippen molar-refractivity contribution < 1.29 is 4.79 Å². The predicted octanol–water partition coefficient (Wildman–Crippen LogP) is 3.05. The molecule has 34 heavy (non-hydrogen) atoms. The van der Waals surface area contributed by atoms with Crippen molar-refractivity contribution in [2.24, 2.45) is 7.05 Å². The average Bonchev–Trinajstić information content (AvgIpc) is 3.40. The first-order valence-electron chi connectivity index (χ1n) is 11.7. The highest BCUT2D eigenvalue weighted by Gasteiger charge is 2.23. The van der Waals surface area contributed by atoms with E-state index in [2.05, 4.69) is 51.1 Å². The molecule has 0 N–H and O–H groups in total. The Labute approximate surface area is 207 Å². The standard InChI is InChI=1S/C25H31N7O.ClH/c1-19-22(16-28-29(19)2)18-30-12-14-31(15-13-30)25-24(26-9-10-27-25)21-7-5-20(6-8-21)17-32-11-3-4-23(32)33;/h5-10,16H,3-4,11-15,17-18H2,1-2H3;1H. The van der Waals surface area contributed by atoms with Crippen LogP contribution in [0.4, 0.5) is 5.82 Å². The van der Waals surface area contributed by atoms with Crippen molar-refractivity contribution in [1.82, 2.24) is 29.5 Å². The van der Waals surface area contributed by atoms with Gasteiger partial charge in [-0.15, -0.1) is 12.4 Å². The Bertz CT molecular complexity index is 1120. The maximum Gasteiger partial charge on any atom is 0.222 e. The summed E-state index contributed by atoms with van der Waals surface area (Å²) in [5.41, 5.74) is 5.65. The second-order valence-corrected chi connectivity index (χ2v) is 8.99. The molecular weight excluding hydrogens is 450 g/mol. The number of halogens is 1. The van der Waals surface area contributed by atoms with E-state index in [-0.39, 0.29) is 18.3 Å². The summed E-state index contributed by atoms with van der Waals surface area (Å²) in [6.07, 6.45) is 7.16. The Balaban J connectivity index is 0.00000274. The van der Waals surface area contributed by atoms with E-state index >= 15 is 0 Å². The van der Waals surface area contributed by atoms with Gasteiger partial charge in [0.15, 0.2) is 5.82 Å². The number of hydrogen-bond acceptors (Lipinski definition) is 6. The number of carbonyl (C=O) groups is 1. The van der Waals surface area contributed by atoms with Crippen LogP contribution >= 0.6 is 12.4 Å². The molecule has 0 saturated carbocycles. The molecule has 5 rings (SSSR count). The first-order valence-corrected chi connectivity index (χ1v) is 11.7. The molecule has 0 spiro atoms. The lowest BCUT2D eigenvalue weighted by Gasteiger charge is -2.35. The highest BCUT2D eigenvalue weighted by atomic mass is 35.5. The molecule has 4 heterocycles. The van der Waals surface area contributed by atoms with Crippen LogP contribution in [0.5, 0.6) is 0 Å². The number of anilines is 1. The number of benzene rings is 1. The number of nitrogens with zero attached hydrogens (tertiary/aromatic N) is 7. The lowest BCUT2D eigenvalue weighted by Crippen LogP contribution is -2.46. The number of piperazine rings is 1. The van der Waals surface area contributed by atoms with Gasteiger partial charge in [0.05, 0.1) is 6.20 Å². The van der Waals surface area contributed by atoms with E-state index in [1.54, 1.807) is 12.4 Å². The van der Waals surface area contributed by atoms with Gasteiger partial charge in [0.25, 0.3) is 0 Å². The molecule has 2 aliphatic heterocycles. The summed E-state index contributed by atoms with van der Waals surface area (Å²) in [6, 6.07) is 8.41. The topological polar surface area (TPSA) is 70.4 Å². The molecule has 0 atom stereocenters. The predicted molar refractivity (Wildman–Crippen MR) is 135 cm³/mol. The van der Waals surface area contributed by atoms with Gasteiger partial charge in [-0.2, -0.15) is 5.10 Å². The van der Waals surface area contributed by atoms with E-state index in [1.807, 2.05) is 22.8 Å². The summed E-state index contributed by atoms with van der Waals surface area (Å²) in [4.78, 5) is 28.1. The van der Waals surface area contributed by atoms with Crippen LogP contribution in [-0.4, -0.2) is 68.2 Å². The number of amides is 1. The first-order chi connectivity index (χ1) is 16.1. The minimum atomic E-state index is 0. The minimum Gasteiger partial charge on any atom is -0.352 e. The van der Waals surface area contributed by atoms with Crippen LogP contribution < -0.4 is 4.90 Å². The van der Waals surface area contributed by atoms with E-state index in [0.717, 1.165) is 68.3 Å². The van der Waals surface area contributed by atoms with Crippen molar-refractivity contribution in [3.8, 4) is 11.3 Å². The molecule has 2 fully saturated rings. The van der Waals surface area contributed by atoms with Gasteiger partial charge in [-0.3, -0.25) is 19.4 Å². The molecule has 180 valence electrons. The maximum atomic E-state index is 11.9. The molecule has 8 nitrogen and oxygen atoms in total. The van der Waals surface area contributed by atoms with Crippen molar-refractivity contribution in [3.63, 3.8) is 0 Å². The summed E-state index contributed by atoms with van der Waals surface area (Å²) in [6.45, 7) is 8.40. The van der Waals surface area contributed by atoms with E-state index in [1.165, 1.54) is 11.3 Å². The van der Waals surface area contributed by atoms with Gasteiger partial charge >= 0.3 is 0 Å². The fourth-order valence-corrected chi connectivity index (χ4v) is 4.68. The largest absolute Gasteiger partial charge is 0.352 e. The average molecular weight is 482 g/mol. The molecular formula is C25H32ClN7O. The van der Waals surface area contributed by atoms with Crippen molar-refractivity contribution >= 4 is 24.1 Å². The van der Waals surface area contributed by atoms with Crippen LogP contribution in [0.15, 0.2) is 42.9 Å². The molecule has 1 amide bonds. The molecule has 2 aromatic heterocycles. The number of carbonyl (C=O) groups excluding carboxylic acids is 1. The second kappa shape index (κ2) is 10.5. The number of aromatic nitrogens is 4. The smallest absolute Gasteiger partial charge is 0.222 e. The highest BCUT2D eigenvalue weighted by molar-refractivity contribution is 5.85. The van der Waals surface area contributed by atoms with Crippen LogP contribution in [0.3, 0.4) is 0 Å². The number of hydrogen-bond donors (Lipinski definition) is 0. The fourth-order valence-electron chi connectivity index (χ4n) is 4.68. The molecule has 1 aromatic carbocycles. The van der Waals surface area contributed by atoms with Gasteiger partial charge < -0.3 is 9.80 Å². The summed E-state index contributed by atoms with van der Waals surface area (Å²) in [5.74, 6) is 1.20. The quantitative estimate of drug-likeness (QED) is 0.539. The maximum absolute atomic E-state index is 11.9. The zero-order valence-electron chi connectivity index (χ0n) is 19.9. The third-order valence-electron chi connectivity index (χ3n) is 6.85. The number of rotatable bonds is 6. The van der Waals surface area contributed by atoms with Gasteiger partial charge in [0.2, 0.25) is 5.91 Å². The van der Waals surface area contributed by atoms with Crippen molar-refractivity contribution in [2.45, 2.75) is 32.9 Å². The molecule has 0 bridgehead atoms. The highest BCUT2D eigenvalue weighted by Crippen LogP contribution is 2.28. The molecule has 0 radical (unpaired) electrons. The molecule has 2 saturated heterocycles. The van der Waals surface area contributed by atoms with Crippen LogP contribution in [0, 0.1) is 6.92 Å². The summed E-state index contributed by atoms with van der Waals surface area (Å²) < 4.78 is 1.94. The Hall–Kier alpha value is -2.97. The van der Waals surface area contributed by atoms with E-state index in [9.17, 15) is 4.79 Å². The zero-order chi connectivity index (χ0) is 22.8. The Kier molecular flexibility index (Phi) is 7.48. The lowest BCUT2D eigenvalue weighted by molar-refractivity contribution is -0.128. The van der Waals surface area contributed by atoms with E-state index < -0.39 is 0 Å². The van der Waals surface area contributed by atoms with E-state index in [4.69, 9.17) is 4.98 Å². The van der Waals surface area contributed by atoms with Gasteiger partial charge in [-0.1, -0.05) is 24.3 Å². The Morgan fingerprint density at radius 3 is 2.32 bits per heavy atom. The minimum absolute atomic E-state index is 0. The van der Waals surface area contributed by atoms with E-state index in [0.29, 0.717) is 13.0 Å². The molecule has 3 aromatic rings. The van der Waals surface area contributed by atoms with Crippen LogP contribution in [0.2, 0.25) is 0 Å². The molecule has 2 aliphatic rings. The van der Waals surface area contributed by atoms with Gasteiger partial charge in [-0.25, -0.2) is 4.98 Å².